The predicted octanol–water partition coefficient (Wildman–Crippen LogP) is 15.7. The summed E-state index contributed by atoms with van der Waals surface area (Å²) in [6.45, 7) is 54.2. The van der Waals surface area contributed by atoms with Gasteiger partial charge in [-0.05, 0) is 116 Å². The third kappa shape index (κ3) is 22.0. The topological polar surface area (TPSA) is 92.7 Å². The minimum Gasteiger partial charge on any atom is -0.496 e. The zero-order valence-electron chi connectivity index (χ0n) is 48.4. The maximum Gasteiger partial charge on any atom is 0.192 e. The van der Waals surface area contributed by atoms with Crippen LogP contribution < -0.4 is 9.47 Å². The summed E-state index contributed by atoms with van der Waals surface area (Å²) in [4.78, 5) is 10.7. The molecule has 0 saturated heterocycles. The van der Waals surface area contributed by atoms with E-state index in [2.05, 4.69) is 166 Å². The van der Waals surface area contributed by atoms with Gasteiger partial charge >= 0.3 is 0 Å². The number of methoxy groups -OCH3 is 2. The Balaban J connectivity index is 0.00000115. The van der Waals surface area contributed by atoms with Crippen LogP contribution in [-0.2, 0) is 30.5 Å². The monoisotopic (exact) mass is 1040 g/mol. The SMILES string of the molecule is C#CCCC(CO[Si](C)(C)C(C)(C)C)O[Si](C)(C)C(C)(C)C.C=CCc1c(C=O)cccc1OC.C=CCc1c(OC)cccc1C(O)C#CCC[C@H](CO[Si](C)(C)C(C)(C)C)O[Si](C)(C)C(C)(C)C. The first-order valence-corrected chi connectivity index (χ1v) is 36.8. The number of aliphatic hydroxyl groups excluding tert-OH is 1. The maximum atomic E-state index is 10.8. The molecule has 8 nitrogen and oxygen atoms in total. The summed E-state index contributed by atoms with van der Waals surface area (Å²) >= 11 is 0. The van der Waals surface area contributed by atoms with E-state index in [1.54, 1.807) is 32.4 Å². The molecule has 0 bridgehead atoms. The number of carbonyl (C=O) groups excluding carboxylic acids is 1. The molecule has 0 aromatic heterocycles. The predicted molar refractivity (Wildman–Crippen MR) is 310 cm³/mol. The summed E-state index contributed by atoms with van der Waals surface area (Å²) in [6, 6.07) is 11.1. The van der Waals surface area contributed by atoms with Crippen LogP contribution in [0, 0.1) is 24.2 Å². The van der Waals surface area contributed by atoms with Crippen LogP contribution in [0.2, 0.25) is 72.5 Å². The van der Waals surface area contributed by atoms with E-state index in [4.69, 9.17) is 33.6 Å². The minimum absolute atomic E-state index is 0.00962. The van der Waals surface area contributed by atoms with Gasteiger partial charge in [0.05, 0.1) is 39.6 Å². The first kappa shape index (κ1) is 67.0. The van der Waals surface area contributed by atoms with Gasteiger partial charge in [-0.2, -0.15) is 0 Å². The summed E-state index contributed by atoms with van der Waals surface area (Å²) in [5.41, 5.74) is 3.26. The molecule has 0 aliphatic rings. The van der Waals surface area contributed by atoms with Gasteiger partial charge in [-0.15, -0.1) is 31.4 Å². The smallest absolute Gasteiger partial charge is 0.192 e. The van der Waals surface area contributed by atoms with Gasteiger partial charge in [-0.25, -0.2) is 0 Å². The molecule has 1 N–H and O–H groups in total. The number of hydrogen-bond donors (Lipinski definition) is 1. The highest BCUT2D eigenvalue weighted by molar-refractivity contribution is 6.75. The van der Waals surface area contributed by atoms with Gasteiger partial charge in [0.25, 0.3) is 0 Å². The van der Waals surface area contributed by atoms with E-state index in [0.717, 1.165) is 53.7 Å². The second-order valence-corrected chi connectivity index (χ2v) is 43.4. The van der Waals surface area contributed by atoms with Crippen molar-refractivity contribution >= 4 is 39.6 Å². The normalized spacial score (nSPS) is 13.9. The van der Waals surface area contributed by atoms with Crippen molar-refractivity contribution in [2.45, 2.75) is 212 Å². The molecule has 2 rings (SSSR count). The maximum absolute atomic E-state index is 10.8. The van der Waals surface area contributed by atoms with Crippen molar-refractivity contribution in [3.05, 3.63) is 84.0 Å². The highest BCUT2D eigenvalue weighted by atomic mass is 28.4. The van der Waals surface area contributed by atoms with Crippen LogP contribution in [0.15, 0.2) is 61.7 Å². The number of aliphatic hydroxyl groups is 1. The lowest BCUT2D eigenvalue weighted by Crippen LogP contribution is -2.47. The first-order chi connectivity index (χ1) is 31.9. The van der Waals surface area contributed by atoms with Gasteiger partial charge in [-0.1, -0.05) is 125 Å². The Kier molecular flexibility index (Phi) is 27.8. The fourth-order valence-electron chi connectivity index (χ4n) is 5.94. The van der Waals surface area contributed by atoms with Crippen LogP contribution in [-0.4, -0.2) is 84.3 Å². The summed E-state index contributed by atoms with van der Waals surface area (Å²) in [5, 5.41) is 11.5. The molecule has 70 heavy (non-hydrogen) atoms. The molecule has 0 amide bonds. The van der Waals surface area contributed by atoms with Crippen molar-refractivity contribution in [1.82, 2.24) is 0 Å². The van der Waals surface area contributed by atoms with Gasteiger partial charge in [-0.3, -0.25) is 4.79 Å². The number of aldehydes is 1. The van der Waals surface area contributed by atoms with Gasteiger partial charge in [0.15, 0.2) is 33.3 Å². The Morgan fingerprint density at radius 1 is 0.614 bits per heavy atom. The Morgan fingerprint density at radius 3 is 1.37 bits per heavy atom. The van der Waals surface area contributed by atoms with Crippen LogP contribution in [0.25, 0.3) is 0 Å². The Hall–Kier alpha value is -3.02. The summed E-state index contributed by atoms with van der Waals surface area (Å²) < 4.78 is 36.8. The fraction of sp³-hybridized carbons (Fsp3) is 0.638. The molecule has 3 atom stereocenters. The average Bonchev–Trinajstić information content (AvgIpc) is 3.24. The Bertz CT molecular complexity index is 2010. The van der Waals surface area contributed by atoms with Crippen molar-refractivity contribution in [3.63, 3.8) is 0 Å². The van der Waals surface area contributed by atoms with Crippen LogP contribution in [0.1, 0.15) is 142 Å². The number of allylic oxidation sites excluding steroid dienone is 2. The lowest BCUT2D eigenvalue weighted by atomic mass is 9.98. The van der Waals surface area contributed by atoms with Crippen LogP contribution in [0.3, 0.4) is 0 Å². The molecule has 0 saturated carbocycles. The molecule has 0 aliphatic carbocycles. The molecule has 0 heterocycles. The molecular weight excluding hydrogens is 937 g/mol. The average molecular weight is 1040 g/mol. The Labute approximate surface area is 434 Å². The zero-order chi connectivity index (χ0) is 54.6. The van der Waals surface area contributed by atoms with Crippen LogP contribution in [0.5, 0.6) is 11.5 Å². The number of rotatable bonds is 22. The lowest BCUT2D eigenvalue weighted by Gasteiger charge is -2.41. The molecule has 0 fully saturated rings. The van der Waals surface area contributed by atoms with E-state index in [1.807, 2.05) is 30.3 Å². The third-order valence-electron chi connectivity index (χ3n) is 14.7. The number of carbonyl (C=O) groups is 1. The summed E-state index contributed by atoms with van der Waals surface area (Å²) in [7, 11) is -4.15. The van der Waals surface area contributed by atoms with Crippen LogP contribution >= 0.6 is 0 Å². The van der Waals surface area contributed by atoms with Crippen LogP contribution in [0.4, 0.5) is 0 Å². The second kappa shape index (κ2) is 29.0. The lowest BCUT2D eigenvalue weighted by molar-refractivity contribution is 0.102. The first-order valence-electron chi connectivity index (χ1n) is 25.2. The largest absolute Gasteiger partial charge is 0.496 e. The van der Waals surface area contributed by atoms with Crippen molar-refractivity contribution in [2.24, 2.45) is 0 Å². The highest BCUT2D eigenvalue weighted by Gasteiger charge is 2.43. The van der Waals surface area contributed by atoms with Gasteiger partial charge in [0.1, 0.15) is 23.9 Å². The van der Waals surface area contributed by atoms with Gasteiger partial charge < -0.3 is 32.3 Å². The molecule has 0 radical (unpaired) electrons. The van der Waals surface area contributed by atoms with E-state index in [-0.39, 0.29) is 32.4 Å². The zero-order valence-corrected chi connectivity index (χ0v) is 52.4. The van der Waals surface area contributed by atoms with Crippen molar-refractivity contribution in [3.8, 4) is 35.7 Å². The standard InChI is InChI=1S/C29H50O4Si2.C18H38O2Si2.C11H12O2/c1-13-17-25-24(19-16-21-27(25)31-8)26(30)20-15-14-18-23(33-35(11,12)29(5,6)7)22-32-34(9,10)28(2,3)4;1-12-13-14-16(20-22(10,11)18(5,6)7)15-19-21(8,9)17(2,3)4;1-3-5-10-9(8-12)6-4-7-11(10)13-2/h13,16,19,21,23,26,30H,1,14,17-18,22H2,2-12H3;1,16H,13-15H2,2-11H3;3-4,6-8H,1,5H2,2H3/t23-,26?;;/m1../s1. The van der Waals surface area contributed by atoms with E-state index in [1.165, 1.54) is 0 Å². The second-order valence-electron chi connectivity index (χ2n) is 24.3. The summed E-state index contributed by atoms with van der Waals surface area (Å²) in [5.74, 6) is 10.5. The summed E-state index contributed by atoms with van der Waals surface area (Å²) in [6.07, 6.45) is 13.4. The van der Waals surface area contributed by atoms with Gasteiger partial charge in [0.2, 0.25) is 0 Å². The molecule has 396 valence electrons. The van der Waals surface area contributed by atoms with E-state index in [9.17, 15) is 9.90 Å². The number of terminal acetylenes is 1. The fourth-order valence-corrected chi connectivity index (χ4v) is 10.8. The Morgan fingerprint density at radius 2 is 1.00 bits per heavy atom. The molecule has 0 spiro atoms. The van der Waals surface area contributed by atoms with E-state index < -0.39 is 39.4 Å². The molecule has 0 aliphatic heterocycles. The number of hydrogen-bond acceptors (Lipinski definition) is 8. The van der Waals surface area contributed by atoms with E-state index in [0.29, 0.717) is 38.0 Å². The highest BCUT2D eigenvalue weighted by Crippen LogP contribution is 2.41. The van der Waals surface area contributed by atoms with Crippen molar-refractivity contribution < 1.29 is 37.1 Å². The molecule has 2 aromatic rings. The molecule has 2 aromatic carbocycles. The van der Waals surface area contributed by atoms with Crippen molar-refractivity contribution in [1.29, 1.82) is 0 Å². The molecule has 12 heteroatoms. The minimum atomic E-state index is -1.96. The van der Waals surface area contributed by atoms with Gasteiger partial charge in [0, 0.05) is 29.5 Å². The number of benzene rings is 2. The molecular formula is C58H100O8Si4. The van der Waals surface area contributed by atoms with E-state index >= 15 is 0 Å². The third-order valence-corrected chi connectivity index (χ3v) is 32.8. The van der Waals surface area contributed by atoms with Crippen molar-refractivity contribution in [2.75, 3.05) is 27.4 Å². The number of ether oxygens (including phenoxy) is 2. The molecule has 2 unspecified atom stereocenters. The quantitative estimate of drug-likeness (QED) is 0.0540.